The Hall–Kier alpha value is -1.60. The van der Waals surface area contributed by atoms with Crippen LogP contribution in [0.1, 0.15) is 29.9 Å². The third-order valence-corrected chi connectivity index (χ3v) is 5.61. The molecule has 1 aromatic rings. The molecular formula is C17H26N4O3. The van der Waals surface area contributed by atoms with E-state index in [0.717, 1.165) is 63.6 Å². The zero-order valence-electron chi connectivity index (χ0n) is 14.5. The standard InChI is InChI=1S/C17H26N4O3/c1-12-14(13(2)24-18-12)9-20-7-8-23-16-11-21(10-15(16)20)17(22)19-5-3-4-6-19/h15-16H,3-11H2,1-2H3/t15-,16+/m1/s1. The number of amides is 2. The van der Waals surface area contributed by atoms with Gasteiger partial charge in [-0.05, 0) is 26.7 Å². The van der Waals surface area contributed by atoms with Crippen molar-refractivity contribution in [2.24, 2.45) is 0 Å². The summed E-state index contributed by atoms with van der Waals surface area (Å²) < 4.78 is 11.3. The van der Waals surface area contributed by atoms with Gasteiger partial charge in [-0.2, -0.15) is 0 Å². The minimum Gasteiger partial charge on any atom is -0.373 e. The van der Waals surface area contributed by atoms with Gasteiger partial charge in [0.1, 0.15) is 5.76 Å². The van der Waals surface area contributed by atoms with Gasteiger partial charge in [-0.3, -0.25) is 4.90 Å². The number of nitrogens with zero attached hydrogens (tertiary/aromatic N) is 4. The monoisotopic (exact) mass is 334 g/mol. The van der Waals surface area contributed by atoms with E-state index in [1.54, 1.807) is 0 Å². The average Bonchev–Trinajstić information content (AvgIpc) is 3.30. The zero-order chi connectivity index (χ0) is 16.7. The fourth-order valence-electron chi connectivity index (χ4n) is 4.15. The van der Waals surface area contributed by atoms with Crippen LogP contribution in [0.2, 0.25) is 0 Å². The van der Waals surface area contributed by atoms with Crippen LogP contribution in [0.5, 0.6) is 0 Å². The van der Waals surface area contributed by atoms with E-state index in [0.29, 0.717) is 6.54 Å². The maximum Gasteiger partial charge on any atom is 0.320 e. The summed E-state index contributed by atoms with van der Waals surface area (Å²) in [7, 11) is 0. The van der Waals surface area contributed by atoms with Gasteiger partial charge >= 0.3 is 6.03 Å². The van der Waals surface area contributed by atoms with Crippen LogP contribution in [0.3, 0.4) is 0 Å². The third kappa shape index (κ3) is 2.80. The van der Waals surface area contributed by atoms with Crippen molar-refractivity contribution in [2.75, 3.05) is 39.3 Å². The normalized spacial score (nSPS) is 27.8. The summed E-state index contributed by atoms with van der Waals surface area (Å²) in [5.74, 6) is 0.888. The van der Waals surface area contributed by atoms with Crippen molar-refractivity contribution in [3.63, 3.8) is 0 Å². The number of ether oxygens (including phenoxy) is 1. The number of hydrogen-bond donors (Lipinski definition) is 0. The molecule has 0 unspecified atom stereocenters. The van der Waals surface area contributed by atoms with Crippen LogP contribution >= 0.6 is 0 Å². The molecule has 1 aromatic heterocycles. The Bertz CT molecular complexity index is 591. The van der Waals surface area contributed by atoms with Gasteiger partial charge in [-0.15, -0.1) is 0 Å². The number of morpholine rings is 1. The van der Waals surface area contributed by atoms with E-state index in [4.69, 9.17) is 9.26 Å². The number of urea groups is 1. The highest BCUT2D eigenvalue weighted by atomic mass is 16.5. The van der Waals surface area contributed by atoms with Gasteiger partial charge in [0.25, 0.3) is 0 Å². The number of likely N-dealkylation sites (tertiary alicyclic amines) is 2. The molecule has 0 aliphatic carbocycles. The van der Waals surface area contributed by atoms with Gasteiger partial charge in [-0.1, -0.05) is 5.16 Å². The maximum absolute atomic E-state index is 12.7. The fraction of sp³-hybridized carbons (Fsp3) is 0.765. The van der Waals surface area contributed by atoms with Gasteiger partial charge in [0.05, 0.1) is 31.0 Å². The minimum absolute atomic E-state index is 0.116. The summed E-state index contributed by atoms with van der Waals surface area (Å²) >= 11 is 0. The van der Waals surface area contributed by atoms with Crippen LogP contribution in [0, 0.1) is 13.8 Å². The molecule has 3 fully saturated rings. The van der Waals surface area contributed by atoms with Crippen molar-refractivity contribution >= 4 is 6.03 Å². The second-order valence-electron chi connectivity index (χ2n) is 7.13. The predicted molar refractivity (Wildman–Crippen MR) is 87.7 cm³/mol. The highest BCUT2D eigenvalue weighted by molar-refractivity contribution is 5.75. The van der Waals surface area contributed by atoms with E-state index >= 15 is 0 Å². The molecule has 0 saturated carbocycles. The van der Waals surface area contributed by atoms with E-state index in [1.807, 2.05) is 23.6 Å². The SMILES string of the molecule is Cc1noc(C)c1CN1CCO[C@H]2CN(C(=O)N3CCCC3)C[C@H]21. The van der Waals surface area contributed by atoms with Gasteiger partial charge in [-0.25, -0.2) is 4.79 Å². The molecule has 24 heavy (non-hydrogen) atoms. The van der Waals surface area contributed by atoms with E-state index in [-0.39, 0.29) is 18.2 Å². The molecule has 3 aliphatic heterocycles. The lowest BCUT2D eigenvalue weighted by Crippen LogP contribution is -2.50. The molecule has 2 atom stereocenters. The summed E-state index contributed by atoms with van der Waals surface area (Å²) in [6.07, 6.45) is 2.37. The van der Waals surface area contributed by atoms with E-state index in [1.165, 1.54) is 5.56 Å². The van der Waals surface area contributed by atoms with Gasteiger partial charge in [0.15, 0.2) is 0 Å². The second kappa shape index (κ2) is 6.37. The first-order valence-corrected chi connectivity index (χ1v) is 8.94. The molecule has 0 aromatic carbocycles. The van der Waals surface area contributed by atoms with Crippen molar-refractivity contribution in [3.05, 3.63) is 17.0 Å². The van der Waals surface area contributed by atoms with E-state index in [2.05, 4.69) is 10.1 Å². The molecule has 3 aliphatic rings. The molecule has 4 heterocycles. The second-order valence-corrected chi connectivity index (χ2v) is 7.13. The molecule has 3 saturated heterocycles. The Morgan fingerprint density at radius 2 is 1.96 bits per heavy atom. The Balaban J connectivity index is 1.45. The molecule has 7 nitrogen and oxygen atoms in total. The van der Waals surface area contributed by atoms with Crippen LogP contribution in [0.25, 0.3) is 0 Å². The van der Waals surface area contributed by atoms with Crippen molar-refractivity contribution in [1.82, 2.24) is 19.9 Å². The van der Waals surface area contributed by atoms with Crippen molar-refractivity contribution < 1.29 is 14.1 Å². The molecule has 4 rings (SSSR count). The first-order valence-electron chi connectivity index (χ1n) is 8.94. The summed E-state index contributed by atoms with van der Waals surface area (Å²) in [4.78, 5) is 19.1. The number of hydrogen-bond acceptors (Lipinski definition) is 5. The Kier molecular flexibility index (Phi) is 4.22. The highest BCUT2D eigenvalue weighted by Gasteiger charge is 2.43. The number of carbonyl (C=O) groups excluding carboxylic acids is 1. The van der Waals surface area contributed by atoms with Crippen LogP contribution in [-0.2, 0) is 11.3 Å². The van der Waals surface area contributed by atoms with Gasteiger partial charge in [0, 0.05) is 38.3 Å². The largest absolute Gasteiger partial charge is 0.373 e. The molecule has 0 N–H and O–H groups in total. The third-order valence-electron chi connectivity index (χ3n) is 5.61. The minimum atomic E-state index is 0.116. The molecule has 2 amide bonds. The van der Waals surface area contributed by atoms with E-state index in [9.17, 15) is 4.79 Å². The first kappa shape index (κ1) is 15.9. The molecule has 0 bridgehead atoms. The Morgan fingerprint density at radius 3 is 2.67 bits per heavy atom. The number of fused-ring (bicyclic) bond motifs is 1. The van der Waals surface area contributed by atoms with Crippen LogP contribution in [-0.4, -0.2) is 77.4 Å². The quantitative estimate of drug-likeness (QED) is 0.818. The van der Waals surface area contributed by atoms with Crippen LogP contribution in [0.4, 0.5) is 4.79 Å². The number of carbonyl (C=O) groups is 1. The van der Waals surface area contributed by atoms with Crippen molar-refractivity contribution in [1.29, 1.82) is 0 Å². The van der Waals surface area contributed by atoms with Crippen molar-refractivity contribution in [3.8, 4) is 0 Å². The molecular weight excluding hydrogens is 308 g/mol. The zero-order valence-corrected chi connectivity index (χ0v) is 14.5. The average molecular weight is 334 g/mol. The number of aromatic nitrogens is 1. The number of aryl methyl sites for hydroxylation is 2. The fourth-order valence-corrected chi connectivity index (χ4v) is 4.15. The lowest BCUT2D eigenvalue weighted by atomic mass is 10.1. The predicted octanol–water partition coefficient (Wildman–Crippen LogP) is 1.39. The van der Waals surface area contributed by atoms with Gasteiger partial charge < -0.3 is 19.1 Å². The molecule has 0 spiro atoms. The number of rotatable bonds is 2. The maximum atomic E-state index is 12.7. The summed E-state index contributed by atoms with van der Waals surface area (Å²) in [6.45, 7) is 9.63. The molecule has 7 heteroatoms. The smallest absolute Gasteiger partial charge is 0.320 e. The lowest BCUT2D eigenvalue weighted by Gasteiger charge is -2.36. The summed E-state index contributed by atoms with van der Waals surface area (Å²) in [5.41, 5.74) is 2.12. The Labute approximate surface area is 142 Å². The Morgan fingerprint density at radius 1 is 1.17 bits per heavy atom. The topological polar surface area (TPSA) is 62.1 Å². The lowest BCUT2D eigenvalue weighted by molar-refractivity contribution is -0.0505. The van der Waals surface area contributed by atoms with E-state index < -0.39 is 0 Å². The first-order chi connectivity index (χ1) is 11.6. The van der Waals surface area contributed by atoms with Crippen LogP contribution < -0.4 is 0 Å². The molecule has 0 radical (unpaired) electrons. The van der Waals surface area contributed by atoms with Gasteiger partial charge in [0.2, 0.25) is 0 Å². The van der Waals surface area contributed by atoms with Crippen molar-refractivity contribution in [2.45, 2.75) is 45.4 Å². The summed E-state index contributed by atoms with van der Waals surface area (Å²) in [5, 5.41) is 4.06. The highest BCUT2D eigenvalue weighted by Crippen LogP contribution is 2.27. The molecule has 132 valence electrons. The summed E-state index contributed by atoms with van der Waals surface area (Å²) in [6, 6.07) is 0.446. The van der Waals surface area contributed by atoms with Crippen LogP contribution in [0.15, 0.2) is 4.52 Å².